The van der Waals surface area contributed by atoms with Crippen LogP contribution in [0.1, 0.15) is 13.3 Å². The van der Waals surface area contributed by atoms with Crippen LogP contribution >= 0.6 is 0 Å². The quantitative estimate of drug-likeness (QED) is 0.492. The van der Waals surface area contributed by atoms with Crippen molar-refractivity contribution in [3.63, 3.8) is 0 Å². The molecule has 5 rings (SSSR count). The van der Waals surface area contributed by atoms with Crippen molar-refractivity contribution in [2.75, 3.05) is 59.1 Å². The van der Waals surface area contributed by atoms with E-state index in [2.05, 4.69) is 10.4 Å². The molecule has 0 radical (unpaired) electrons. The number of carbonyl (C=O) groups is 1. The predicted octanol–water partition coefficient (Wildman–Crippen LogP) is 2.24. The number of hydrogen-bond donors (Lipinski definition) is 1. The molecule has 2 aliphatic heterocycles. The van der Waals surface area contributed by atoms with E-state index in [1.807, 2.05) is 30.0 Å². The maximum Gasteiger partial charge on any atom is 0.260 e. The van der Waals surface area contributed by atoms with Gasteiger partial charge in [0.1, 0.15) is 18.5 Å². The third-order valence-electron chi connectivity index (χ3n) is 6.36. The van der Waals surface area contributed by atoms with Gasteiger partial charge in [-0.05, 0) is 24.6 Å². The first-order valence-electron chi connectivity index (χ1n) is 12.1. The average molecular weight is 498 g/mol. The van der Waals surface area contributed by atoms with Gasteiger partial charge >= 0.3 is 0 Å². The first-order valence-corrected chi connectivity index (χ1v) is 12.1. The Balaban J connectivity index is 1.53. The SMILES string of the molecule is CCOc1cc2cc(c1)-c1cnn3cc(OC)c(nc13)OC[C@@H]1CC(OCCOC)C(=O)N1CCN2. The molecule has 0 spiro atoms. The predicted molar refractivity (Wildman–Crippen MR) is 132 cm³/mol. The molecule has 192 valence electrons. The van der Waals surface area contributed by atoms with E-state index in [0.29, 0.717) is 56.6 Å². The molecule has 36 heavy (non-hydrogen) atoms. The zero-order valence-electron chi connectivity index (χ0n) is 20.7. The molecule has 1 N–H and O–H groups in total. The van der Waals surface area contributed by atoms with Crippen LogP contribution in [0, 0.1) is 0 Å². The van der Waals surface area contributed by atoms with Crippen LogP contribution in [-0.2, 0) is 14.3 Å². The van der Waals surface area contributed by atoms with Crippen molar-refractivity contribution in [1.82, 2.24) is 19.5 Å². The van der Waals surface area contributed by atoms with Crippen LogP contribution < -0.4 is 19.5 Å². The van der Waals surface area contributed by atoms with Gasteiger partial charge in [0.05, 0.1) is 45.4 Å². The minimum atomic E-state index is -0.531. The summed E-state index contributed by atoms with van der Waals surface area (Å²) in [6, 6.07) is 5.77. The molecule has 4 heterocycles. The Bertz CT molecular complexity index is 1230. The third-order valence-corrected chi connectivity index (χ3v) is 6.36. The number of rotatable bonds is 7. The van der Waals surface area contributed by atoms with E-state index < -0.39 is 6.10 Å². The fraction of sp³-hybridized carbons (Fsp3) is 0.480. The summed E-state index contributed by atoms with van der Waals surface area (Å²) < 4.78 is 30.1. The van der Waals surface area contributed by atoms with Crippen LogP contribution in [-0.4, -0.2) is 91.3 Å². The van der Waals surface area contributed by atoms with Crippen molar-refractivity contribution in [2.45, 2.75) is 25.5 Å². The fourth-order valence-electron chi connectivity index (χ4n) is 4.63. The average Bonchev–Trinajstić information content (AvgIpc) is 3.42. The highest BCUT2D eigenvalue weighted by atomic mass is 16.5. The highest BCUT2D eigenvalue weighted by Gasteiger charge is 2.40. The Hall–Kier alpha value is -3.57. The molecule has 1 unspecified atom stereocenters. The van der Waals surface area contributed by atoms with E-state index in [0.717, 1.165) is 22.6 Å². The van der Waals surface area contributed by atoms with Gasteiger partial charge in [-0.3, -0.25) is 4.79 Å². The molecule has 1 amide bonds. The Morgan fingerprint density at radius 2 is 2.11 bits per heavy atom. The first kappa shape index (κ1) is 24.1. The third kappa shape index (κ3) is 4.76. The Kier molecular flexibility index (Phi) is 7.10. The Morgan fingerprint density at radius 1 is 1.22 bits per heavy atom. The zero-order valence-corrected chi connectivity index (χ0v) is 20.7. The van der Waals surface area contributed by atoms with Crippen molar-refractivity contribution >= 4 is 17.2 Å². The van der Waals surface area contributed by atoms with Crippen LogP contribution in [0.5, 0.6) is 17.4 Å². The lowest BCUT2D eigenvalue weighted by atomic mass is 10.1. The van der Waals surface area contributed by atoms with E-state index in [1.54, 1.807) is 31.1 Å². The molecule has 2 aliphatic rings. The second-order valence-corrected chi connectivity index (χ2v) is 8.63. The number of hydrogen-bond acceptors (Lipinski definition) is 9. The fourth-order valence-corrected chi connectivity index (χ4v) is 4.63. The topological polar surface area (TPSA) is 109 Å². The smallest absolute Gasteiger partial charge is 0.260 e. The van der Waals surface area contributed by atoms with Gasteiger partial charge < -0.3 is 33.9 Å². The lowest BCUT2D eigenvalue weighted by molar-refractivity contribution is -0.138. The molecule has 2 aromatic heterocycles. The lowest BCUT2D eigenvalue weighted by Crippen LogP contribution is -2.41. The summed E-state index contributed by atoms with van der Waals surface area (Å²) in [6.45, 7) is 4.59. The maximum absolute atomic E-state index is 13.2. The number of benzene rings is 1. The van der Waals surface area contributed by atoms with Gasteiger partial charge in [-0.1, -0.05) is 0 Å². The standard InChI is InChI=1S/C25H31N5O6/c1-4-34-19-10-16-9-17(11-19)26-5-6-29-18(12-21(25(29)31)35-8-7-32-2)15-36-24-22(33-3)14-30-23(28-24)20(16)13-27-30/h9-11,13-14,18,21,26H,4-8,12,15H2,1-3H3/t18-,21?/m0/s1. The van der Waals surface area contributed by atoms with Gasteiger partial charge in [-0.25, -0.2) is 4.52 Å². The van der Waals surface area contributed by atoms with Crippen molar-refractivity contribution in [3.05, 3.63) is 30.6 Å². The first-order chi connectivity index (χ1) is 17.6. The molecule has 11 heteroatoms. The van der Waals surface area contributed by atoms with Crippen LogP contribution in [0.3, 0.4) is 0 Å². The van der Waals surface area contributed by atoms with Crippen LogP contribution in [0.2, 0.25) is 0 Å². The normalized spacial score (nSPS) is 19.5. The molecular formula is C25H31N5O6. The van der Waals surface area contributed by atoms with Gasteiger partial charge in [0.25, 0.3) is 11.8 Å². The number of aromatic nitrogens is 3. The summed E-state index contributed by atoms with van der Waals surface area (Å²) in [5.74, 6) is 1.49. The van der Waals surface area contributed by atoms with E-state index in [-0.39, 0.29) is 18.6 Å². The number of fused-ring (bicyclic) bond motifs is 5. The van der Waals surface area contributed by atoms with E-state index in [4.69, 9.17) is 28.7 Å². The summed E-state index contributed by atoms with van der Waals surface area (Å²) in [4.78, 5) is 19.8. The number of methoxy groups -OCH3 is 2. The van der Waals surface area contributed by atoms with Crippen molar-refractivity contribution in [3.8, 4) is 28.5 Å². The largest absolute Gasteiger partial charge is 0.494 e. The second-order valence-electron chi connectivity index (χ2n) is 8.63. The van der Waals surface area contributed by atoms with E-state index in [9.17, 15) is 4.79 Å². The number of nitrogens with zero attached hydrogens (tertiary/aromatic N) is 4. The highest BCUT2D eigenvalue weighted by molar-refractivity contribution is 5.84. The Labute approximate surface area is 209 Å². The summed E-state index contributed by atoms with van der Waals surface area (Å²) in [6.07, 6.45) is 3.50. The maximum atomic E-state index is 13.2. The molecule has 3 aromatic rings. The van der Waals surface area contributed by atoms with Gasteiger partial charge in [0.15, 0.2) is 11.4 Å². The summed E-state index contributed by atoms with van der Waals surface area (Å²) in [5.41, 5.74) is 3.25. The number of anilines is 1. The molecular weight excluding hydrogens is 466 g/mol. The molecule has 11 nitrogen and oxygen atoms in total. The second kappa shape index (κ2) is 10.6. The van der Waals surface area contributed by atoms with Crippen molar-refractivity contribution < 1.29 is 28.5 Å². The van der Waals surface area contributed by atoms with Gasteiger partial charge in [0, 0.05) is 43.9 Å². The number of carbonyl (C=O) groups excluding carboxylic acids is 1. The highest BCUT2D eigenvalue weighted by Crippen LogP contribution is 2.34. The molecule has 1 fully saturated rings. The summed E-state index contributed by atoms with van der Waals surface area (Å²) in [7, 11) is 3.17. The van der Waals surface area contributed by atoms with Crippen LogP contribution in [0.15, 0.2) is 30.6 Å². The molecule has 4 bridgehead atoms. The number of nitrogens with one attached hydrogen (secondary N) is 1. The van der Waals surface area contributed by atoms with Crippen LogP contribution in [0.4, 0.5) is 5.69 Å². The van der Waals surface area contributed by atoms with Gasteiger partial charge in [-0.15, -0.1) is 0 Å². The van der Waals surface area contributed by atoms with Gasteiger partial charge in [0.2, 0.25) is 0 Å². The van der Waals surface area contributed by atoms with Crippen LogP contribution in [0.25, 0.3) is 16.8 Å². The van der Waals surface area contributed by atoms with E-state index in [1.165, 1.54) is 0 Å². The Morgan fingerprint density at radius 3 is 2.92 bits per heavy atom. The molecule has 0 aliphatic carbocycles. The monoisotopic (exact) mass is 497 g/mol. The summed E-state index contributed by atoms with van der Waals surface area (Å²) >= 11 is 0. The van der Waals surface area contributed by atoms with Crippen molar-refractivity contribution in [2.24, 2.45) is 0 Å². The number of ether oxygens (including phenoxy) is 5. The molecule has 1 aromatic carbocycles. The molecule has 2 atom stereocenters. The minimum absolute atomic E-state index is 0.0502. The van der Waals surface area contributed by atoms with Crippen molar-refractivity contribution in [1.29, 1.82) is 0 Å². The summed E-state index contributed by atoms with van der Waals surface area (Å²) in [5, 5.41) is 7.92. The molecule has 1 saturated heterocycles. The lowest BCUT2D eigenvalue weighted by Gasteiger charge is -2.25. The molecule has 0 saturated carbocycles. The van der Waals surface area contributed by atoms with Gasteiger partial charge in [-0.2, -0.15) is 10.1 Å². The number of amides is 1. The zero-order chi connectivity index (χ0) is 25.1. The minimum Gasteiger partial charge on any atom is -0.494 e. The van der Waals surface area contributed by atoms with E-state index >= 15 is 0 Å².